The molecule has 0 aliphatic heterocycles. The number of rotatable bonds is 4. The highest BCUT2D eigenvalue weighted by molar-refractivity contribution is 7.92. The minimum Gasteiger partial charge on any atom is -0.477 e. The van der Waals surface area contributed by atoms with Crippen LogP contribution in [0.25, 0.3) is 0 Å². The number of nitrogens with one attached hydrogen (secondary N) is 1. The van der Waals surface area contributed by atoms with E-state index in [0.717, 1.165) is 16.9 Å². The van der Waals surface area contributed by atoms with E-state index in [2.05, 4.69) is 16.6 Å². The molecule has 0 unspecified atom stereocenters. The number of carboxylic acids is 1. The Bertz CT molecular complexity index is 1150. The highest BCUT2D eigenvalue weighted by atomic mass is 32.2. The molecule has 0 fully saturated rings. The van der Waals surface area contributed by atoms with Crippen molar-refractivity contribution in [1.29, 1.82) is 0 Å². The minimum atomic E-state index is -3.91. The molecule has 0 saturated heterocycles. The van der Waals surface area contributed by atoms with E-state index in [1.807, 2.05) is 30.3 Å². The Morgan fingerprint density at radius 2 is 1.70 bits per heavy atom. The number of carbonyl (C=O) groups is 1. The number of aryl methyl sites for hydroxylation is 1. The van der Waals surface area contributed by atoms with Crippen molar-refractivity contribution in [2.24, 2.45) is 0 Å². The molecule has 0 saturated carbocycles. The van der Waals surface area contributed by atoms with Crippen LogP contribution in [0.4, 0.5) is 5.69 Å². The van der Waals surface area contributed by atoms with Crippen LogP contribution in [0.5, 0.6) is 0 Å². The van der Waals surface area contributed by atoms with Crippen LogP contribution in [-0.2, 0) is 10.0 Å². The van der Waals surface area contributed by atoms with Gasteiger partial charge in [0.1, 0.15) is 4.88 Å². The topological polar surface area (TPSA) is 83.5 Å². The summed E-state index contributed by atoms with van der Waals surface area (Å²) in [6.07, 6.45) is 0. The lowest BCUT2D eigenvalue weighted by Gasteiger charge is -2.09. The fourth-order valence-corrected chi connectivity index (χ4v) is 4.58. The van der Waals surface area contributed by atoms with Crippen molar-refractivity contribution < 1.29 is 18.3 Å². The van der Waals surface area contributed by atoms with Crippen LogP contribution >= 0.6 is 11.3 Å². The minimum absolute atomic E-state index is 0.00751. The summed E-state index contributed by atoms with van der Waals surface area (Å²) in [5.41, 5.74) is 1.36. The predicted molar refractivity (Wildman–Crippen MR) is 106 cm³/mol. The van der Waals surface area contributed by atoms with Crippen LogP contribution < -0.4 is 4.72 Å². The molecule has 136 valence electrons. The zero-order valence-corrected chi connectivity index (χ0v) is 15.9. The summed E-state index contributed by atoms with van der Waals surface area (Å²) in [6, 6.07) is 17.2. The highest BCUT2D eigenvalue weighted by Crippen LogP contribution is 2.29. The summed E-state index contributed by atoms with van der Waals surface area (Å²) in [5, 5.41) is 9.41. The van der Waals surface area contributed by atoms with Crippen molar-refractivity contribution in [2.75, 3.05) is 4.72 Å². The van der Waals surface area contributed by atoms with Gasteiger partial charge in [-0.15, -0.1) is 11.3 Å². The Morgan fingerprint density at radius 3 is 2.37 bits per heavy atom. The number of aromatic carboxylic acids is 1. The van der Waals surface area contributed by atoms with Gasteiger partial charge in [0.05, 0.1) is 15.5 Å². The predicted octanol–water partition coefficient (Wildman–Crippen LogP) is 3.96. The Kier molecular flexibility index (Phi) is 5.31. The van der Waals surface area contributed by atoms with Crippen molar-refractivity contribution >= 4 is 33.0 Å². The van der Waals surface area contributed by atoms with Gasteiger partial charge in [0.25, 0.3) is 10.0 Å². The standard InChI is InChI=1S/C20H15NO4S2/c1-14-7-5-6-10-18(14)27(24,25)21-17-13-16(26-19(17)20(22)23)12-11-15-8-3-2-4-9-15/h2-10,13,21H,1H3,(H,22,23). The first kappa shape index (κ1) is 18.7. The molecule has 0 spiro atoms. The molecule has 7 heteroatoms. The van der Waals surface area contributed by atoms with Crippen LogP contribution in [-0.4, -0.2) is 19.5 Å². The number of hydrogen-bond acceptors (Lipinski definition) is 4. The van der Waals surface area contributed by atoms with Crippen molar-refractivity contribution in [3.63, 3.8) is 0 Å². The van der Waals surface area contributed by atoms with Crippen molar-refractivity contribution in [2.45, 2.75) is 11.8 Å². The Hall–Kier alpha value is -3.08. The lowest BCUT2D eigenvalue weighted by Crippen LogP contribution is -2.15. The van der Waals surface area contributed by atoms with E-state index in [4.69, 9.17) is 0 Å². The third-order valence-electron chi connectivity index (χ3n) is 3.66. The van der Waals surface area contributed by atoms with E-state index in [1.165, 1.54) is 12.1 Å². The molecule has 2 aromatic carbocycles. The number of thiophene rings is 1. The highest BCUT2D eigenvalue weighted by Gasteiger charge is 2.22. The summed E-state index contributed by atoms with van der Waals surface area (Å²) in [4.78, 5) is 12.0. The molecule has 3 aromatic rings. The molecule has 5 nitrogen and oxygen atoms in total. The smallest absolute Gasteiger partial charge is 0.348 e. The molecule has 1 heterocycles. The fourth-order valence-electron chi connectivity index (χ4n) is 2.40. The number of hydrogen-bond donors (Lipinski definition) is 2. The lowest BCUT2D eigenvalue weighted by atomic mass is 10.2. The molecule has 0 radical (unpaired) electrons. The molecule has 0 aliphatic carbocycles. The van der Waals surface area contributed by atoms with E-state index >= 15 is 0 Å². The van der Waals surface area contributed by atoms with Gasteiger partial charge < -0.3 is 5.11 Å². The maximum atomic E-state index is 12.7. The fraction of sp³-hybridized carbons (Fsp3) is 0.0500. The Labute approximate surface area is 161 Å². The molecule has 1 aromatic heterocycles. The van der Waals surface area contributed by atoms with Gasteiger partial charge in [-0.25, -0.2) is 13.2 Å². The first-order valence-corrected chi connectivity index (χ1v) is 10.2. The van der Waals surface area contributed by atoms with E-state index in [-0.39, 0.29) is 15.5 Å². The molecule has 0 amide bonds. The molecular formula is C20H15NO4S2. The van der Waals surface area contributed by atoms with Gasteiger partial charge >= 0.3 is 5.97 Å². The van der Waals surface area contributed by atoms with Gasteiger partial charge in [0.15, 0.2) is 0 Å². The van der Waals surface area contributed by atoms with Gasteiger partial charge in [0.2, 0.25) is 0 Å². The number of sulfonamides is 1. The van der Waals surface area contributed by atoms with Crippen LogP contribution in [0.2, 0.25) is 0 Å². The van der Waals surface area contributed by atoms with E-state index < -0.39 is 16.0 Å². The average Bonchev–Trinajstić information content (AvgIpc) is 3.03. The second-order valence-corrected chi connectivity index (χ2v) is 8.35. The van der Waals surface area contributed by atoms with Crippen molar-refractivity contribution in [3.05, 3.63) is 81.5 Å². The van der Waals surface area contributed by atoms with Gasteiger partial charge in [-0.3, -0.25) is 4.72 Å². The van der Waals surface area contributed by atoms with Gasteiger partial charge in [-0.1, -0.05) is 48.2 Å². The quantitative estimate of drug-likeness (QED) is 0.653. The maximum Gasteiger partial charge on any atom is 0.348 e. The van der Waals surface area contributed by atoms with Crippen LogP contribution in [0.1, 0.15) is 25.7 Å². The zero-order chi connectivity index (χ0) is 19.4. The van der Waals surface area contributed by atoms with Gasteiger partial charge in [-0.05, 0) is 36.8 Å². The van der Waals surface area contributed by atoms with Crippen molar-refractivity contribution in [1.82, 2.24) is 0 Å². The summed E-state index contributed by atoms with van der Waals surface area (Å²) in [7, 11) is -3.91. The molecule has 0 aliphatic rings. The monoisotopic (exact) mass is 397 g/mol. The van der Waals surface area contributed by atoms with Crippen LogP contribution in [0, 0.1) is 18.8 Å². The second-order valence-electron chi connectivity index (χ2n) is 5.65. The molecule has 0 atom stereocenters. The Balaban J connectivity index is 1.96. The number of benzene rings is 2. The van der Waals surface area contributed by atoms with E-state index in [9.17, 15) is 18.3 Å². The zero-order valence-electron chi connectivity index (χ0n) is 14.3. The summed E-state index contributed by atoms with van der Waals surface area (Å²) in [5.74, 6) is 4.61. The summed E-state index contributed by atoms with van der Waals surface area (Å²) >= 11 is 0.927. The summed E-state index contributed by atoms with van der Waals surface area (Å²) < 4.78 is 27.7. The van der Waals surface area contributed by atoms with E-state index in [0.29, 0.717) is 10.4 Å². The third-order valence-corrected chi connectivity index (χ3v) is 6.22. The average molecular weight is 397 g/mol. The second kappa shape index (κ2) is 7.66. The number of carboxylic acid groups (broad SMARTS) is 1. The molecule has 27 heavy (non-hydrogen) atoms. The Morgan fingerprint density at radius 1 is 1.04 bits per heavy atom. The first-order valence-electron chi connectivity index (χ1n) is 7.89. The molecule has 3 rings (SSSR count). The van der Waals surface area contributed by atoms with Gasteiger partial charge in [-0.2, -0.15) is 0 Å². The molecular weight excluding hydrogens is 382 g/mol. The number of anilines is 1. The molecule has 2 N–H and O–H groups in total. The van der Waals surface area contributed by atoms with E-state index in [1.54, 1.807) is 25.1 Å². The lowest BCUT2D eigenvalue weighted by molar-refractivity contribution is 0.0703. The largest absolute Gasteiger partial charge is 0.477 e. The summed E-state index contributed by atoms with van der Waals surface area (Å²) in [6.45, 7) is 1.68. The maximum absolute atomic E-state index is 12.7. The molecule has 0 bridgehead atoms. The normalized spacial score (nSPS) is 10.7. The van der Waals surface area contributed by atoms with Crippen LogP contribution in [0.3, 0.4) is 0 Å². The van der Waals surface area contributed by atoms with Gasteiger partial charge in [0, 0.05) is 5.56 Å². The van der Waals surface area contributed by atoms with Crippen LogP contribution in [0.15, 0.2) is 65.6 Å². The SMILES string of the molecule is Cc1ccccc1S(=O)(=O)Nc1cc(C#Cc2ccccc2)sc1C(=O)O. The first-order chi connectivity index (χ1) is 12.9. The third kappa shape index (κ3) is 4.37. The van der Waals surface area contributed by atoms with Crippen molar-refractivity contribution in [3.8, 4) is 11.8 Å².